The SMILES string of the molecule is CCCNC(=O)Nc1ccc(Oc2ncnc3cc(OCCN(C)C)c(OC)cc23)cc1Cl. The third-order valence-electron chi connectivity index (χ3n) is 4.62. The van der Waals surface area contributed by atoms with E-state index in [0.29, 0.717) is 57.9 Å². The number of likely N-dealkylation sites (N-methyl/N-ethyl adjacent to an activating group) is 1. The molecule has 0 radical (unpaired) electrons. The van der Waals surface area contributed by atoms with Crippen LogP contribution in [0.3, 0.4) is 0 Å². The van der Waals surface area contributed by atoms with E-state index < -0.39 is 0 Å². The maximum atomic E-state index is 11.9. The molecule has 0 aliphatic rings. The van der Waals surface area contributed by atoms with Crippen LogP contribution >= 0.6 is 11.6 Å². The van der Waals surface area contributed by atoms with Crippen molar-refractivity contribution in [2.45, 2.75) is 13.3 Å². The van der Waals surface area contributed by atoms with Crippen molar-refractivity contribution in [2.75, 3.05) is 46.2 Å². The van der Waals surface area contributed by atoms with Gasteiger partial charge in [0.1, 0.15) is 18.7 Å². The first-order valence-electron chi connectivity index (χ1n) is 10.5. The van der Waals surface area contributed by atoms with E-state index in [0.717, 1.165) is 13.0 Å². The molecule has 0 unspecified atom stereocenters. The van der Waals surface area contributed by atoms with Gasteiger partial charge in [-0.15, -0.1) is 0 Å². The lowest BCUT2D eigenvalue weighted by atomic mass is 10.2. The number of hydrogen-bond donors (Lipinski definition) is 2. The summed E-state index contributed by atoms with van der Waals surface area (Å²) in [5.74, 6) is 1.95. The highest BCUT2D eigenvalue weighted by molar-refractivity contribution is 6.33. The van der Waals surface area contributed by atoms with Crippen LogP contribution in [-0.2, 0) is 0 Å². The molecule has 0 bridgehead atoms. The Hall–Kier alpha value is -3.30. The zero-order chi connectivity index (χ0) is 23.8. The fourth-order valence-corrected chi connectivity index (χ4v) is 3.13. The lowest BCUT2D eigenvalue weighted by Gasteiger charge is -2.15. The van der Waals surface area contributed by atoms with Crippen LogP contribution in [0.4, 0.5) is 10.5 Å². The van der Waals surface area contributed by atoms with E-state index in [1.165, 1.54) is 6.33 Å². The van der Waals surface area contributed by atoms with E-state index >= 15 is 0 Å². The number of amides is 2. The summed E-state index contributed by atoms with van der Waals surface area (Å²) in [5, 5.41) is 6.45. The van der Waals surface area contributed by atoms with Crippen LogP contribution in [0.25, 0.3) is 10.9 Å². The zero-order valence-corrected chi connectivity index (χ0v) is 19.9. The Balaban J connectivity index is 1.81. The molecular weight excluding hydrogens is 446 g/mol. The van der Waals surface area contributed by atoms with Crippen LogP contribution < -0.4 is 24.8 Å². The molecule has 0 aliphatic heterocycles. The molecule has 2 amide bonds. The molecule has 0 fully saturated rings. The number of carbonyl (C=O) groups is 1. The van der Waals surface area contributed by atoms with Crippen LogP contribution in [0.5, 0.6) is 23.1 Å². The Morgan fingerprint density at radius 2 is 1.97 bits per heavy atom. The largest absolute Gasteiger partial charge is 0.493 e. The molecule has 1 aromatic heterocycles. The van der Waals surface area contributed by atoms with E-state index in [1.807, 2.05) is 25.9 Å². The van der Waals surface area contributed by atoms with E-state index in [2.05, 4.69) is 20.6 Å². The van der Waals surface area contributed by atoms with Crippen molar-refractivity contribution in [3.8, 4) is 23.1 Å². The first-order valence-corrected chi connectivity index (χ1v) is 10.9. The number of aromatic nitrogens is 2. The Morgan fingerprint density at radius 3 is 2.67 bits per heavy atom. The molecule has 9 nitrogen and oxygen atoms in total. The number of anilines is 1. The number of nitrogens with one attached hydrogen (secondary N) is 2. The van der Waals surface area contributed by atoms with E-state index in [4.69, 9.17) is 25.8 Å². The van der Waals surface area contributed by atoms with Gasteiger partial charge in [-0.25, -0.2) is 14.8 Å². The number of fused-ring (bicyclic) bond motifs is 1. The number of benzene rings is 2. The summed E-state index contributed by atoms with van der Waals surface area (Å²) in [6.45, 7) is 3.84. The highest BCUT2D eigenvalue weighted by Gasteiger charge is 2.14. The van der Waals surface area contributed by atoms with Gasteiger partial charge in [0, 0.05) is 25.2 Å². The molecule has 2 N–H and O–H groups in total. The van der Waals surface area contributed by atoms with Crippen molar-refractivity contribution in [3.63, 3.8) is 0 Å². The molecule has 176 valence electrons. The van der Waals surface area contributed by atoms with Gasteiger partial charge in [-0.3, -0.25) is 0 Å². The summed E-state index contributed by atoms with van der Waals surface area (Å²) in [6.07, 6.45) is 2.26. The topological polar surface area (TPSA) is 97.8 Å². The third kappa shape index (κ3) is 6.59. The second-order valence-corrected chi connectivity index (χ2v) is 7.88. The van der Waals surface area contributed by atoms with Gasteiger partial charge in [-0.05, 0) is 38.7 Å². The molecule has 0 saturated carbocycles. The summed E-state index contributed by atoms with van der Waals surface area (Å²) >= 11 is 6.34. The smallest absolute Gasteiger partial charge is 0.319 e. The van der Waals surface area contributed by atoms with Crippen molar-refractivity contribution in [3.05, 3.63) is 41.7 Å². The summed E-state index contributed by atoms with van der Waals surface area (Å²) < 4.78 is 17.3. The molecular formula is C23H28ClN5O4. The van der Waals surface area contributed by atoms with Crippen molar-refractivity contribution in [2.24, 2.45) is 0 Å². The van der Waals surface area contributed by atoms with Crippen LogP contribution in [0.15, 0.2) is 36.7 Å². The number of halogens is 1. The van der Waals surface area contributed by atoms with Gasteiger partial charge in [-0.1, -0.05) is 18.5 Å². The van der Waals surface area contributed by atoms with Gasteiger partial charge in [0.05, 0.1) is 28.7 Å². The van der Waals surface area contributed by atoms with Gasteiger partial charge >= 0.3 is 6.03 Å². The van der Waals surface area contributed by atoms with Gasteiger partial charge in [-0.2, -0.15) is 0 Å². The Labute approximate surface area is 198 Å². The predicted molar refractivity (Wildman–Crippen MR) is 129 cm³/mol. The average molecular weight is 474 g/mol. The third-order valence-corrected chi connectivity index (χ3v) is 4.93. The number of nitrogens with zero attached hydrogens (tertiary/aromatic N) is 3. The monoisotopic (exact) mass is 473 g/mol. The van der Waals surface area contributed by atoms with Crippen LogP contribution in [0, 0.1) is 0 Å². The summed E-state index contributed by atoms with van der Waals surface area (Å²) in [5.41, 5.74) is 1.13. The molecule has 0 aliphatic carbocycles. The maximum absolute atomic E-state index is 11.9. The summed E-state index contributed by atoms with van der Waals surface area (Å²) in [7, 11) is 5.54. The van der Waals surface area contributed by atoms with Crippen LogP contribution in [0.2, 0.25) is 5.02 Å². The van der Waals surface area contributed by atoms with Gasteiger partial charge in [0.2, 0.25) is 5.88 Å². The van der Waals surface area contributed by atoms with Crippen LogP contribution in [0.1, 0.15) is 13.3 Å². The minimum atomic E-state index is -0.315. The molecule has 0 saturated heterocycles. The van der Waals surface area contributed by atoms with E-state index in [-0.39, 0.29) is 6.03 Å². The predicted octanol–water partition coefficient (Wildman–Crippen LogP) is 4.56. The quantitative estimate of drug-likeness (QED) is 0.445. The average Bonchev–Trinajstić information content (AvgIpc) is 2.79. The maximum Gasteiger partial charge on any atom is 0.319 e. The van der Waals surface area contributed by atoms with E-state index in [9.17, 15) is 4.79 Å². The van der Waals surface area contributed by atoms with E-state index in [1.54, 1.807) is 37.4 Å². The standard InChI is InChI=1S/C23H28ClN5O4/c1-5-8-25-23(30)28-18-7-6-15(11-17(18)24)33-22-16-12-20(31-4)21(32-10-9-29(2)3)13-19(16)26-14-27-22/h6-7,11-14H,5,8-10H2,1-4H3,(H2,25,28,30). The molecule has 0 atom stereocenters. The molecule has 2 aromatic carbocycles. The normalized spacial score (nSPS) is 10.8. The molecule has 0 spiro atoms. The fraction of sp³-hybridized carbons (Fsp3) is 0.348. The Morgan fingerprint density at radius 1 is 1.15 bits per heavy atom. The lowest BCUT2D eigenvalue weighted by Crippen LogP contribution is -2.29. The highest BCUT2D eigenvalue weighted by atomic mass is 35.5. The summed E-state index contributed by atoms with van der Waals surface area (Å²) in [4.78, 5) is 22.5. The minimum Gasteiger partial charge on any atom is -0.493 e. The Bertz CT molecular complexity index is 1110. The molecule has 3 aromatic rings. The minimum absolute atomic E-state index is 0.315. The first kappa shape index (κ1) is 24.3. The van der Waals surface area contributed by atoms with Crippen molar-refractivity contribution in [1.82, 2.24) is 20.2 Å². The van der Waals surface area contributed by atoms with Gasteiger partial charge < -0.3 is 29.7 Å². The van der Waals surface area contributed by atoms with Crippen LogP contribution in [-0.4, -0.2) is 61.8 Å². The number of ether oxygens (including phenoxy) is 3. The molecule has 1 heterocycles. The number of methoxy groups -OCH3 is 1. The van der Waals surface area contributed by atoms with Gasteiger partial charge in [0.15, 0.2) is 11.5 Å². The number of rotatable bonds is 10. The van der Waals surface area contributed by atoms with Crippen molar-refractivity contribution in [1.29, 1.82) is 0 Å². The first-order chi connectivity index (χ1) is 15.9. The number of urea groups is 1. The molecule has 10 heteroatoms. The number of hydrogen-bond acceptors (Lipinski definition) is 7. The van der Waals surface area contributed by atoms with Crippen molar-refractivity contribution < 1.29 is 19.0 Å². The lowest BCUT2D eigenvalue weighted by molar-refractivity contribution is 0.251. The Kier molecular flexibility index (Phi) is 8.51. The number of carbonyl (C=O) groups excluding carboxylic acids is 1. The summed E-state index contributed by atoms with van der Waals surface area (Å²) in [6, 6.07) is 8.25. The zero-order valence-electron chi connectivity index (χ0n) is 19.1. The second kappa shape index (κ2) is 11.5. The van der Waals surface area contributed by atoms with Gasteiger partial charge in [0.25, 0.3) is 0 Å². The highest BCUT2D eigenvalue weighted by Crippen LogP contribution is 2.37. The second-order valence-electron chi connectivity index (χ2n) is 7.48. The molecule has 33 heavy (non-hydrogen) atoms. The van der Waals surface area contributed by atoms with Crippen molar-refractivity contribution >= 4 is 34.2 Å². The fourth-order valence-electron chi connectivity index (χ4n) is 2.91. The molecule has 3 rings (SSSR count).